The second kappa shape index (κ2) is 3.94. The van der Waals surface area contributed by atoms with Gasteiger partial charge in [-0.1, -0.05) is 25.1 Å². The van der Waals surface area contributed by atoms with Crippen LogP contribution in [0.15, 0.2) is 24.3 Å². The molecule has 17 heavy (non-hydrogen) atoms. The minimum Gasteiger partial charge on any atom is -0.304 e. The van der Waals surface area contributed by atoms with Crippen molar-refractivity contribution in [2.45, 2.75) is 19.1 Å². The van der Waals surface area contributed by atoms with Crippen LogP contribution < -0.4 is 0 Å². The Morgan fingerprint density at radius 1 is 1.29 bits per heavy atom. The predicted octanol–water partition coefficient (Wildman–Crippen LogP) is 1.55. The van der Waals surface area contributed by atoms with E-state index in [1.165, 1.54) is 7.05 Å². The topological polar surface area (TPSA) is 66.8 Å². The van der Waals surface area contributed by atoms with Crippen LogP contribution >= 0.6 is 0 Å². The molecule has 0 fully saturated rings. The summed E-state index contributed by atoms with van der Waals surface area (Å²) in [6.45, 7) is 1.67. The van der Waals surface area contributed by atoms with Crippen molar-refractivity contribution in [1.29, 1.82) is 0 Å². The average Bonchev–Trinajstić information content (AvgIpc) is 2.38. The zero-order chi connectivity index (χ0) is 12.6. The minimum absolute atomic E-state index is 0.179. The van der Waals surface area contributed by atoms with Crippen molar-refractivity contribution in [2.75, 3.05) is 7.05 Å². The number of likely N-dealkylation sites (N-methyl/N-ethyl adjacent to an activating group) is 1. The van der Waals surface area contributed by atoms with E-state index in [0.29, 0.717) is 5.56 Å². The van der Waals surface area contributed by atoms with Crippen LogP contribution in [-0.4, -0.2) is 34.6 Å². The summed E-state index contributed by atoms with van der Waals surface area (Å²) in [5.41, 5.74) is -0.988. The predicted molar refractivity (Wildman–Crippen MR) is 59.6 cm³/mol. The van der Waals surface area contributed by atoms with Gasteiger partial charge in [-0.05, 0) is 6.07 Å². The first-order valence-corrected chi connectivity index (χ1v) is 5.33. The molecule has 0 saturated heterocycles. The molecule has 1 aliphatic heterocycles. The van der Waals surface area contributed by atoms with E-state index in [-0.39, 0.29) is 17.9 Å². The van der Waals surface area contributed by atoms with Gasteiger partial charge in [-0.3, -0.25) is 9.59 Å². The molecule has 1 N–H and O–H groups in total. The number of rotatable bonds is 2. The summed E-state index contributed by atoms with van der Waals surface area (Å²) >= 11 is 0. The Kier molecular flexibility index (Phi) is 2.73. The summed E-state index contributed by atoms with van der Waals surface area (Å²) in [5.74, 6) is -0.740. The third kappa shape index (κ3) is 1.40. The molecule has 2 rings (SSSR count). The second-order valence-corrected chi connectivity index (χ2v) is 3.97. The monoisotopic (exact) mass is 235 g/mol. The molecule has 0 saturated carbocycles. The van der Waals surface area contributed by atoms with E-state index in [2.05, 4.69) is 4.89 Å². The fraction of sp³-hybridized carbons (Fsp3) is 0.333. The van der Waals surface area contributed by atoms with Gasteiger partial charge in [0.15, 0.2) is 0 Å². The van der Waals surface area contributed by atoms with Gasteiger partial charge in [0.1, 0.15) is 0 Å². The molecule has 0 aromatic heterocycles. The number of Topliss-reactive ketones (excluding diaryl/α,β-unsaturated/α-hetero) is 1. The summed E-state index contributed by atoms with van der Waals surface area (Å²) in [6, 6.07) is 6.51. The van der Waals surface area contributed by atoms with Crippen LogP contribution in [0.25, 0.3) is 0 Å². The SMILES string of the molecule is CCC1(OO)C(=O)c2ccccc2C(=O)N1C. The van der Waals surface area contributed by atoms with Crippen molar-refractivity contribution < 1.29 is 19.7 Å². The number of ketones is 1. The van der Waals surface area contributed by atoms with Crippen LogP contribution in [0.1, 0.15) is 34.1 Å². The molecule has 5 nitrogen and oxygen atoms in total. The number of benzene rings is 1. The lowest BCUT2D eigenvalue weighted by Gasteiger charge is -2.40. The molecule has 1 aromatic rings. The molecular weight excluding hydrogens is 222 g/mol. The average molecular weight is 235 g/mol. The Bertz CT molecular complexity index is 479. The maximum absolute atomic E-state index is 12.3. The first-order chi connectivity index (χ1) is 8.08. The van der Waals surface area contributed by atoms with Crippen molar-refractivity contribution in [3.05, 3.63) is 35.4 Å². The smallest absolute Gasteiger partial charge is 0.257 e. The summed E-state index contributed by atoms with van der Waals surface area (Å²) in [7, 11) is 1.44. The van der Waals surface area contributed by atoms with Crippen molar-refractivity contribution in [2.24, 2.45) is 0 Å². The number of amides is 1. The van der Waals surface area contributed by atoms with Gasteiger partial charge < -0.3 is 4.90 Å². The second-order valence-electron chi connectivity index (χ2n) is 3.97. The lowest BCUT2D eigenvalue weighted by molar-refractivity contribution is -0.334. The van der Waals surface area contributed by atoms with Crippen LogP contribution in [0.2, 0.25) is 0 Å². The van der Waals surface area contributed by atoms with Crippen LogP contribution in [0.3, 0.4) is 0 Å². The highest BCUT2D eigenvalue weighted by Crippen LogP contribution is 2.32. The third-order valence-corrected chi connectivity index (χ3v) is 3.23. The largest absolute Gasteiger partial charge is 0.304 e. The lowest BCUT2D eigenvalue weighted by Crippen LogP contribution is -2.59. The van der Waals surface area contributed by atoms with Gasteiger partial charge in [-0.25, -0.2) is 10.1 Å². The minimum atomic E-state index is -1.61. The van der Waals surface area contributed by atoms with E-state index >= 15 is 0 Å². The number of hydrogen-bond donors (Lipinski definition) is 1. The van der Waals surface area contributed by atoms with Crippen molar-refractivity contribution in [3.8, 4) is 0 Å². The third-order valence-electron chi connectivity index (χ3n) is 3.23. The van der Waals surface area contributed by atoms with Crippen molar-refractivity contribution in [1.82, 2.24) is 4.90 Å². The van der Waals surface area contributed by atoms with Gasteiger partial charge in [-0.2, -0.15) is 0 Å². The van der Waals surface area contributed by atoms with E-state index in [1.54, 1.807) is 31.2 Å². The molecule has 1 unspecified atom stereocenters. The number of carbonyl (C=O) groups excluding carboxylic acids is 2. The number of carbonyl (C=O) groups is 2. The molecule has 0 aliphatic carbocycles. The molecular formula is C12H13NO4. The summed E-state index contributed by atoms with van der Waals surface area (Å²) in [4.78, 5) is 29.8. The normalized spacial score (nSPS) is 23.8. The van der Waals surface area contributed by atoms with Gasteiger partial charge in [-0.15, -0.1) is 0 Å². The maximum Gasteiger partial charge on any atom is 0.257 e. The van der Waals surface area contributed by atoms with E-state index in [4.69, 9.17) is 5.26 Å². The Morgan fingerprint density at radius 2 is 1.88 bits per heavy atom. The molecule has 0 spiro atoms. The quantitative estimate of drug-likeness (QED) is 0.624. The zero-order valence-electron chi connectivity index (χ0n) is 9.64. The highest BCUT2D eigenvalue weighted by Gasteiger charge is 2.50. The Balaban J connectivity index is 2.66. The molecule has 5 heteroatoms. The van der Waals surface area contributed by atoms with Gasteiger partial charge >= 0.3 is 0 Å². The summed E-state index contributed by atoms with van der Waals surface area (Å²) in [5, 5.41) is 9.01. The number of hydrogen-bond acceptors (Lipinski definition) is 4. The van der Waals surface area contributed by atoms with Crippen LogP contribution in [0.5, 0.6) is 0 Å². The number of nitrogens with zero attached hydrogens (tertiary/aromatic N) is 1. The maximum atomic E-state index is 12.3. The molecule has 0 bridgehead atoms. The molecule has 1 heterocycles. The highest BCUT2D eigenvalue weighted by molar-refractivity contribution is 6.16. The van der Waals surface area contributed by atoms with Crippen LogP contribution in [0.4, 0.5) is 0 Å². The molecule has 90 valence electrons. The number of fused-ring (bicyclic) bond motifs is 1. The first kappa shape index (κ1) is 11.8. The highest BCUT2D eigenvalue weighted by atomic mass is 17.1. The van der Waals surface area contributed by atoms with E-state index < -0.39 is 11.5 Å². The Morgan fingerprint density at radius 3 is 2.41 bits per heavy atom. The van der Waals surface area contributed by atoms with Crippen molar-refractivity contribution >= 4 is 11.7 Å². The molecule has 1 amide bonds. The summed E-state index contributed by atoms with van der Waals surface area (Å²) < 4.78 is 0. The fourth-order valence-electron chi connectivity index (χ4n) is 2.14. The van der Waals surface area contributed by atoms with Gasteiger partial charge in [0.2, 0.25) is 11.5 Å². The molecule has 1 aromatic carbocycles. The van der Waals surface area contributed by atoms with Gasteiger partial charge in [0.25, 0.3) is 5.91 Å². The van der Waals surface area contributed by atoms with Gasteiger partial charge in [0.05, 0.1) is 5.56 Å². The fourth-order valence-corrected chi connectivity index (χ4v) is 2.14. The first-order valence-electron chi connectivity index (χ1n) is 5.33. The standard InChI is InChI=1S/C12H13NO4/c1-3-12(17-16)10(14)8-6-4-5-7-9(8)11(15)13(12)2/h4-7,16H,3H2,1-2H3. The zero-order valence-corrected chi connectivity index (χ0v) is 9.64. The van der Waals surface area contributed by atoms with E-state index in [1.807, 2.05) is 0 Å². The van der Waals surface area contributed by atoms with E-state index in [0.717, 1.165) is 4.90 Å². The molecule has 0 radical (unpaired) electrons. The lowest BCUT2D eigenvalue weighted by atomic mass is 9.88. The molecule has 1 aliphatic rings. The summed E-state index contributed by atoms with van der Waals surface area (Å²) in [6.07, 6.45) is 0.179. The van der Waals surface area contributed by atoms with Crippen LogP contribution in [-0.2, 0) is 4.89 Å². The molecule has 1 atom stereocenters. The van der Waals surface area contributed by atoms with E-state index in [9.17, 15) is 9.59 Å². The van der Waals surface area contributed by atoms with Crippen LogP contribution in [0, 0.1) is 0 Å². The van der Waals surface area contributed by atoms with Crippen molar-refractivity contribution in [3.63, 3.8) is 0 Å². The Hall–Kier alpha value is -1.72. The Labute approximate surface area is 98.5 Å². The van der Waals surface area contributed by atoms with Gasteiger partial charge in [0, 0.05) is 19.0 Å².